The summed E-state index contributed by atoms with van der Waals surface area (Å²) in [6, 6.07) is 1.51. The van der Waals surface area contributed by atoms with Crippen molar-refractivity contribution in [3.63, 3.8) is 0 Å². The minimum Gasteiger partial charge on any atom is -0.395 e. The third-order valence-corrected chi connectivity index (χ3v) is 2.96. The van der Waals surface area contributed by atoms with Gasteiger partial charge in [-0.3, -0.25) is 0 Å². The van der Waals surface area contributed by atoms with Crippen molar-refractivity contribution in [3.05, 3.63) is 11.8 Å². The predicted molar refractivity (Wildman–Crippen MR) is 70.3 cm³/mol. The van der Waals surface area contributed by atoms with Gasteiger partial charge >= 0.3 is 6.18 Å². The molecular weight excluding hydrogens is 289 g/mol. The van der Waals surface area contributed by atoms with Gasteiger partial charge in [-0.15, -0.1) is 0 Å². The van der Waals surface area contributed by atoms with Gasteiger partial charge in [0.05, 0.1) is 18.9 Å². The van der Waals surface area contributed by atoms with Crippen molar-refractivity contribution in [2.24, 2.45) is 0 Å². The highest BCUT2D eigenvalue weighted by Gasteiger charge is 2.27. The van der Waals surface area contributed by atoms with E-state index in [0.29, 0.717) is 18.9 Å². The number of hydrogen-bond acceptors (Lipinski definition) is 6. The molecule has 0 radical (unpaired) electrons. The molecule has 1 fully saturated rings. The van der Waals surface area contributed by atoms with Crippen molar-refractivity contribution in [2.45, 2.75) is 18.5 Å². The molecule has 21 heavy (non-hydrogen) atoms. The maximum atomic E-state index is 12.3. The number of aromatic nitrogens is 2. The molecule has 0 spiro atoms. The second-order valence-corrected chi connectivity index (χ2v) is 4.68. The first-order valence-electron chi connectivity index (χ1n) is 6.60. The van der Waals surface area contributed by atoms with E-state index in [1.165, 1.54) is 6.07 Å². The van der Waals surface area contributed by atoms with E-state index in [4.69, 9.17) is 9.84 Å². The predicted octanol–water partition coefficient (Wildman–Crippen LogP) is 1.36. The Morgan fingerprint density at radius 2 is 2.14 bits per heavy atom. The molecule has 0 aliphatic carbocycles. The van der Waals surface area contributed by atoms with Crippen LogP contribution in [-0.2, 0) is 4.74 Å². The molecule has 0 unspecified atom stereocenters. The van der Waals surface area contributed by atoms with E-state index in [0.717, 1.165) is 6.42 Å². The second-order valence-electron chi connectivity index (χ2n) is 4.68. The zero-order valence-electron chi connectivity index (χ0n) is 11.3. The van der Waals surface area contributed by atoms with E-state index < -0.39 is 12.7 Å². The zero-order valence-corrected chi connectivity index (χ0v) is 11.3. The smallest absolute Gasteiger partial charge is 0.395 e. The van der Waals surface area contributed by atoms with Gasteiger partial charge in [-0.05, 0) is 6.42 Å². The third-order valence-electron chi connectivity index (χ3n) is 2.96. The highest BCUT2D eigenvalue weighted by molar-refractivity contribution is 5.43. The van der Waals surface area contributed by atoms with Crippen LogP contribution in [0.5, 0.6) is 0 Å². The number of aliphatic hydroxyl groups is 1. The van der Waals surface area contributed by atoms with Crippen LogP contribution in [0.4, 0.5) is 24.9 Å². The quantitative estimate of drug-likeness (QED) is 0.736. The fourth-order valence-corrected chi connectivity index (χ4v) is 1.97. The molecule has 2 heterocycles. The normalized spacial score (nSPS) is 18.8. The van der Waals surface area contributed by atoms with Crippen molar-refractivity contribution in [1.82, 2.24) is 9.97 Å². The summed E-state index contributed by atoms with van der Waals surface area (Å²) in [7, 11) is 0. The summed E-state index contributed by atoms with van der Waals surface area (Å²) in [6.45, 7) is 0.0490. The molecule has 1 atom stereocenters. The summed E-state index contributed by atoms with van der Waals surface area (Å²) < 4.78 is 42.1. The SMILES string of the molecule is OCCNc1nc(NCC(F)(F)F)cc([C@@H]2CCOC2)n1. The molecule has 118 valence electrons. The first-order chi connectivity index (χ1) is 9.98. The highest BCUT2D eigenvalue weighted by atomic mass is 19.4. The fraction of sp³-hybridized carbons (Fsp3) is 0.667. The maximum Gasteiger partial charge on any atom is 0.405 e. The van der Waals surface area contributed by atoms with Crippen LogP contribution in [0, 0.1) is 0 Å². The Morgan fingerprint density at radius 1 is 1.33 bits per heavy atom. The van der Waals surface area contributed by atoms with Gasteiger partial charge in [0.15, 0.2) is 0 Å². The lowest BCUT2D eigenvalue weighted by Crippen LogP contribution is -2.22. The maximum absolute atomic E-state index is 12.3. The fourth-order valence-electron chi connectivity index (χ4n) is 1.97. The number of aliphatic hydroxyl groups excluding tert-OH is 1. The minimum atomic E-state index is -4.32. The summed E-state index contributed by atoms with van der Waals surface area (Å²) in [6.07, 6.45) is -3.55. The van der Waals surface area contributed by atoms with Crippen molar-refractivity contribution in [2.75, 3.05) is 43.5 Å². The van der Waals surface area contributed by atoms with E-state index in [1.54, 1.807) is 0 Å². The van der Waals surface area contributed by atoms with E-state index in [-0.39, 0.29) is 30.8 Å². The van der Waals surface area contributed by atoms with Crippen LogP contribution in [-0.4, -0.2) is 54.2 Å². The van der Waals surface area contributed by atoms with Gasteiger partial charge < -0.3 is 20.5 Å². The number of rotatable bonds is 6. The van der Waals surface area contributed by atoms with Crippen LogP contribution >= 0.6 is 0 Å². The van der Waals surface area contributed by atoms with Crippen molar-refractivity contribution in [1.29, 1.82) is 0 Å². The largest absolute Gasteiger partial charge is 0.405 e. The number of ether oxygens (including phenoxy) is 1. The molecule has 1 aliphatic rings. The van der Waals surface area contributed by atoms with Gasteiger partial charge in [0, 0.05) is 25.1 Å². The van der Waals surface area contributed by atoms with Crippen LogP contribution in [0.3, 0.4) is 0 Å². The van der Waals surface area contributed by atoms with Crippen LogP contribution in [0.15, 0.2) is 6.07 Å². The average Bonchev–Trinajstić information content (AvgIpc) is 2.96. The lowest BCUT2D eigenvalue weighted by Gasteiger charge is -2.14. The Hall–Kier alpha value is -1.61. The summed E-state index contributed by atoms with van der Waals surface area (Å²) in [5, 5.41) is 13.8. The Labute approximate surface area is 119 Å². The van der Waals surface area contributed by atoms with Gasteiger partial charge in [-0.1, -0.05) is 0 Å². The molecule has 3 N–H and O–H groups in total. The molecule has 0 bridgehead atoms. The molecule has 2 rings (SSSR count). The van der Waals surface area contributed by atoms with Crippen molar-refractivity contribution in [3.8, 4) is 0 Å². The Bertz CT molecular complexity index is 464. The molecule has 1 aromatic heterocycles. The number of nitrogens with one attached hydrogen (secondary N) is 2. The first-order valence-corrected chi connectivity index (χ1v) is 6.60. The number of hydrogen-bond donors (Lipinski definition) is 3. The number of halogens is 3. The monoisotopic (exact) mass is 306 g/mol. The second kappa shape index (κ2) is 6.90. The Balaban J connectivity index is 2.15. The molecule has 0 amide bonds. The lowest BCUT2D eigenvalue weighted by atomic mass is 10.0. The van der Waals surface area contributed by atoms with Gasteiger partial charge in [0.1, 0.15) is 12.4 Å². The topological polar surface area (TPSA) is 79.3 Å². The summed E-state index contributed by atoms with van der Waals surface area (Å²) in [5.41, 5.74) is 0.632. The third kappa shape index (κ3) is 5.01. The van der Waals surface area contributed by atoms with E-state index in [1.807, 2.05) is 0 Å². The molecule has 9 heteroatoms. The highest BCUT2D eigenvalue weighted by Crippen LogP contribution is 2.26. The van der Waals surface area contributed by atoms with Crippen LogP contribution < -0.4 is 10.6 Å². The molecule has 1 aromatic rings. The number of anilines is 2. The number of nitrogens with zero attached hydrogens (tertiary/aromatic N) is 2. The Morgan fingerprint density at radius 3 is 2.76 bits per heavy atom. The lowest BCUT2D eigenvalue weighted by molar-refractivity contribution is -0.115. The van der Waals surface area contributed by atoms with Crippen molar-refractivity contribution < 1.29 is 23.0 Å². The molecule has 6 nitrogen and oxygen atoms in total. The van der Waals surface area contributed by atoms with Gasteiger partial charge in [-0.2, -0.15) is 18.2 Å². The van der Waals surface area contributed by atoms with Crippen LogP contribution in [0.25, 0.3) is 0 Å². The van der Waals surface area contributed by atoms with Gasteiger partial charge in [0.2, 0.25) is 5.95 Å². The van der Waals surface area contributed by atoms with Crippen molar-refractivity contribution >= 4 is 11.8 Å². The Kier molecular flexibility index (Phi) is 5.18. The summed E-state index contributed by atoms with van der Waals surface area (Å²) in [4.78, 5) is 8.22. The minimum absolute atomic E-state index is 0.0501. The average molecular weight is 306 g/mol. The van der Waals surface area contributed by atoms with E-state index in [9.17, 15) is 13.2 Å². The molecular formula is C12H17F3N4O2. The summed E-state index contributed by atoms with van der Waals surface area (Å²) >= 11 is 0. The molecule has 0 saturated carbocycles. The van der Waals surface area contributed by atoms with Crippen LogP contribution in [0.1, 0.15) is 18.0 Å². The molecule has 1 aliphatic heterocycles. The molecule has 0 aromatic carbocycles. The number of alkyl halides is 3. The molecule has 1 saturated heterocycles. The van der Waals surface area contributed by atoms with Gasteiger partial charge in [0.25, 0.3) is 0 Å². The van der Waals surface area contributed by atoms with Crippen LogP contribution in [0.2, 0.25) is 0 Å². The standard InChI is InChI=1S/C12H17F3N4O2/c13-12(14,15)7-17-10-5-9(8-1-4-21-6-8)18-11(19-10)16-2-3-20/h5,8,20H,1-4,6-7H2,(H2,16,17,18,19)/t8-/m1/s1. The van der Waals surface area contributed by atoms with E-state index in [2.05, 4.69) is 20.6 Å². The summed E-state index contributed by atoms with van der Waals surface area (Å²) in [5.74, 6) is 0.344. The zero-order chi connectivity index (χ0) is 15.3. The first kappa shape index (κ1) is 15.8. The van der Waals surface area contributed by atoms with E-state index >= 15 is 0 Å². The van der Waals surface area contributed by atoms with Gasteiger partial charge in [-0.25, -0.2) is 4.98 Å².